The van der Waals surface area contributed by atoms with Gasteiger partial charge in [0.1, 0.15) is 4.90 Å². The number of nitrogens with two attached hydrogens (primary N) is 1. The van der Waals surface area contributed by atoms with E-state index in [0.717, 1.165) is 0 Å². The first kappa shape index (κ1) is 15.2. The Bertz CT molecular complexity index is 562. The van der Waals surface area contributed by atoms with E-state index in [1.165, 1.54) is 25.1 Å². The van der Waals surface area contributed by atoms with Crippen LogP contribution < -0.4 is 16.0 Å². The van der Waals surface area contributed by atoms with Gasteiger partial charge < -0.3 is 0 Å². The molecule has 0 radical (unpaired) electrons. The van der Waals surface area contributed by atoms with Crippen LogP contribution in [0.15, 0.2) is 23.1 Å². The summed E-state index contributed by atoms with van der Waals surface area (Å²) in [5, 5.41) is 0.225. The largest absolute Gasteiger partial charge is 0.293 e. The summed E-state index contributed by atoms with van der Waals surface area (Å²) >= 11 is 11.5. The topological polar surface area (TPSA) is 101 Å². The van der Waals surface area contributed by atoms with Crippen molar-refractivity contribution in [1.82, 2.24) is 10.1 Å². The number of sulfonamides is 1. The van der Waals surface area contributed by atoms with Crippen molar-refractivity contribution < 1.29 is 13.2 Å². The number of hydrazine groups is 1. The van der Waals surface area contributed by atoms with E-state index in [1.807, 2.05) is 5.43 Å². The maximum Gasteiger partial charge on any atom is 0.251 e. The van der Waals surface area contributed by atoms with Gasteiger partial charge in [-0.1, -0.05) is 23.2 Å². The monoisotopic (exact) mass is 311 g/mol. The molecule has 0 aliphatic heterocycles. The molecule has 1 rings (SSSR count). The van der Waals surface area contributed by atoms with Crippen LogP contribution in [0.3, 0.4) is 0 Å². The molecule has 100 valence electrons. The lowest BCUT2D eigenvalue weighted by Gasteiger charge is -2.13. The fraction of sp³-hybridized carbons (Fsp3) is 0.222. The van der Waals surface area contributed by atoms with Crippen molar-refractivity contribution >= 4 is 39.1 Å². The summed E-state index contributed by atoms with van der Waals surface area (Å²) in [5.74, 6) is 4.23. The van der Waals surface area contributed by atoms with Gasteiger partial charge in [-0.15, -0.1) is 0 Å². The van der Waals surface area contributed by atoms with Crippen molar-refractivity contribution in [3.05, 3.63) is 28.2 Å². The molecular weight excluding hydrogens is 301 g/mol. The second-order valence-electron chi connectivity index (χ2n) is 3.43. The van der Waals surface area contributed by atoms with Gasteiger partial charge in [0.25, 0.3) is 5.91 Å². The van der Waals surface area contributed by atoms with Crippen molar-refractivity contribution in [2.24, 2.45) is 5.84 Å². The molecule has 6 nitrogen and oxygen atoms in total. The molecule has 0 bridgehead atoms. The van der Waals surface area contributed by atoms with E-state index in [2.05, 4.69) is 4.72 Å². The summed E-state index contributed by atoms with van der Waals surface area (Å²) in [6.07, 6.45) is 0. The molecule has 0 fully saturated rings. The van der Waals surface area contributed by atoms with Crippen LogP contribution in [0.2, 0.25) is 10.0 Å². The summed E-state index contributed by atoms with van der Waals surface area (Å²) in [7, 11) is -3.95. The number of nitrogens with one attached hydrogen (secondary N) is 2. The Morgan fingerprint density at radius 2 is 2.00 bits per heavy atom. The molecule has 9 heteroatoms. The number of amides is 1. The molecule has 1 amide bonds. The summed E-state index contributed by atoms with van der Waals surface area (Å²) in [5.41, 5.74) is 1.84. The first-order chi connectivity index (χ1) is 8.27. The van der Waals surface area contributed by atoms with Crippen molar-refractivity contribution in [3.8, 4) is 0 Å². The Morgan fingerprint density at radius 1 is 1.39 bits per heavy atom. The van der Waals surface area contributed by atoms with Crippen molar-refractivity contribution in [2.75, 3.05) is 0 Å². The van der Waals surface area contributed by atoms with Crippen LogP contribution in [0.4, 0.5) is 0 Å². The lowest BCUT2D eigenvalue weighted by atomic mass is 10.3. The van der Waals surface area contributed by atoms with E-state index in [-0.39, 0.29) is 14.9 Å². The van der Waals surface area contributed by atoms with E-state index in [4.69, 9.17) is 29.0 Å². The minimum atomic E-state index is -3.95. The molecule has 1 aromatic rings. The lowest BCUT2D eigenvalue weighted by Crippen LogP contribution is -2.47. The van der Waals surface area contributed by atoms with Crippen LogP contribution in [0.1, 0.15) is 6.92 Å². The Hall–Kier alpha value is -0.860. The number of carbonyl (C=O) groups is 1. The zero-order valence-corrected chi connectivity index (χ0v) is 11.6. The zero-order valence-electron chi connectivity index (χ0n) is 9.28. The van der Waals surface area contributed by atoms with Crippen LogP contribution in [-0.4, -0.2) is 20.4 Å². The molecule has 1 atom stereocenters. The molecule has 0 aliphatic carbocycles. The molecule has 4 N–H and O–H groups in total. The first-order valence-electron chi connectivity index (χ1n) is 4.76. The van der Waals surface area contributed by atoms with Gasteiger partial charge in [-0.2, -0.15) is 4.72 Å². The Morgan fingerprint density at radius 3 is 2.56 bits per heavy atom. The predicted octanol–water partition coefficient (Wildman–Crippen LogP) is 0.650. The molecule has 0 heterocycles. The number of hydrogen-bond donors (Lipinski definition) is 3. The SMILES string of the molecule is C[C@@H](NS(=O)(=O)c1cc(Cl)ccc1Cl)C(=O)NN. The maximum atomic E-state index is 12.0. The van der Waals surface area contributed by atoms with Crippen LogP contribution in [0, 0.1) is 0 Å². The number of benzene rings is 1. The number of halogens is 2. The predicted molar refractivity (Wildman–Crippen MR) is 68.6 cm³/mol. The minimum Gasteiger partial charge on any atom is -0.293 e. The average molecular weight is 312 g/mol. The van der Waals surface area contributed by atoms with Gasteiger partial charge >= 0.3 is 0 Å². The van der Waals surface area contributed by atoms with E-state index in [9.17, 15) is 13.2 Å². The van der Waals surface area contributed by atoms with Crippen LogP contribution >= 0.6 is 23.2 Å². The van der Waals surface area contributed by atoms with Crippen LogP contribution in [0.25, 0.3) is 0 Å². The fourth-order valence-electron chi connectivity index (χ4n) is 1.16. The minimum absolute atomic E-state index is 0.00672. The van der Waals surface area contributed by atoms with Gasteiger partial charge in [0.2, 0.25) is 10.0 Å². The Labute approximate surface area is 114 Å². The van der Waals surface area contributed by atoms with Gasteiger partial charge in [0, 0.05) is 5.02 Å². The van der Waals surface area contributed by atoms with Gasteiger partial charge in [0.05, 0.1) is 11.1 Å². The highest BCUT2D eigenvalue weighted by atomic mass is 35.5. The maximum absolute atomic E-state index is 12.0. The Kier molecular flexibility index (Phi) is 4.94. The van der Waals surface area contributed by atoms with Crippen molar-refractivity contribution in [2.45, 2.75) is 17.9 Å². The van der Waals surface area contributed by atoms with Crippen molar-refractivity contribution in [3.63, 3.8) is 0 Å². The molecule has 0 aliphatic rings. The third kappa shape index (κ3) is 3.56. The van der Waals surface area contributed by atoms with Crippen molar-refractivity contribution in [1.29, 1.82) is 0 Å². The summed E-state index contributed by atoms with van der Waals surface area (Å²) in [4.78, 5) is 10.9. The van der Waals surface area contributed by atoms with Gasteiger partial charge in [-0.3, -0.25) is 10.2 Å². The highest BCUT2D eigenvalue weighted by Crippen LogP contribution is 2.24. The smallest absolute Gasteiger partial charge is 0.251 e. The summed E-state index contributed by atoms with van der Waals surface area (Å²) in [6, 6.07) is 2.97. The average Bonchev–Trinajstić information content (AvgIpc) is 2.30. The highest BCUT2D eigenvalue weighted by Gasteiger charge is 2.23. The van der Waals surface area contributed by atoms with E-state index in [1.54, 1.807) is 0 Å². The van der Waals surface area contributed by atoms with E-state index in [0.29, 0.717) is 0 Å². The zero-order chi connectivity index (χ0) is 13.9. The Balaban J connectivity index is 3.07. The normalized spacial score (nSPS) is 13.1. The highest BCUT2D eigenvalue weighted by molar-refractivity contribution is 7.89. The molecule has 0 saturated heterocycles. The molecular formula is C9H11Cl2N3O3S. The molecule has 18 heavy (non-hydrogen) atoms. The molecule has 1 aromatic carbocycles. The fourth-order valence-corrected chi connectivity index (χ4v) is 3.12. The van der Waals surface area contributed by atoms with E-state index < -0.39 is 22.0 Å². The third-order valence-electron chi connectivity index (χ3n) is 2.05. The number of rotatable bonds is 4. The second-order valence-corrected chi connectivity index (χ2v) is 5.95. The standard InChI is InChI=1S/C9H11Cl2N3O3S/c1-5(9(15)13-12)14-18(16,17)8-4-6(10)2-3-7(8)11/h2-5,14H,12H2,1H3,(H,13,15)/t5-/m1/s1. The lowest BCUT2D eigenvalue weighted by molar-refractivity contribution is -0.122. The van der Waals surface area contributed by atoms with Crippen LogP contribution in [-0.2, 0) is 14.8 Å². The quantitative estimate of drug-likeness (QED) is 0.431. The third-order valence-corrected chi connectivity index (χ3v) is 4.31. The van der Waals surface area contributed by atoms with E-state index >= 15 is 0 Å². The molecule has 0 saturated carbocycles. The summed E-state index contributed by atoms with van der Waals surface area (Å²) in [6.45, 7) is 1.35. The number of hydrogen-bond acceptors (Lipinski definition) is 4. The van der Waals surface area contributed by atoms with Gasteiger partial charge in [0.15, 0.2) is 0 Å². The van der Waals surface area contributed by atoms with Gasteiger partial charge in [-0.25, -0.2) is 14.3 Å². The first-order valence-corrected chi connectivity index (χ1v) is 6.99. The molecule has 0 spiro atoms. The van der Waals surface area contributed by atoms with Gasteiger partial charge in [-0.05, 0) is 25.1 Å². The second kappa shape index (κ2) is 5.85. The van der Waals surface area contributed by atoms with Crippen LogP contribution in [0.5, 0.6) is 0 Å². The molecule has 0 aromatic heterocycles. The number of carbonyl (C=O) groups excluding carboxylic acids is 1. The summed E-state index contributed by atoms with van der Waals surface area (Å²) < 4.78 is 26.1. The molecule has 0 unspecified atom stereocenters.